The Bertz CT molecular complexity index is 5390. The number of hydrogen-bond acceptors (Lipinski definition) is 0. The van der Waals surface area contributed by atoms with Gasteiger partial charge in [0.1, 0.15) is 16.1 Å². The summed E-state index contributed by atoms with van der Waals surface area (Å²) < 4.78 is 0. The summed E-state index contributed by atoms with van der Waals surface area (Å²) in [7, 11) is -3.06. The summed E-state index contributed by atoms with van der Waals surface area (Å²) in [5, 5.41) is 4.42. The van der Waals surface area contributed by atoms with Crippen molar-refractivity contribution < 1.29 is 0 Å². The second kappa shape index (κ2) is 29.6. The molecule has 0 aromatic heterocycles. The molecule has 0 bridgehead atoms. The molecular weight excluding hydrogens is 1190 g/mol. The molecule has 2 heteroatoms. The average molecular weight is 1250 g/mol. The Hall–Kier alpha value is -12.8. The lowest BCUT2D eigenvalue weighted by Crippen LogP contribution is -2.16. The van der Waals surface area contributed by atoms with Gasteiger partial charge >= 0.3 is 0 Å². The van der Waals surface area contributed by atoms with Crippen LogP contribution in [0.5, 0.6) is 0 Å². The van der Waals surface area contributed by atoms with Crippen molar-refractivity contribution in [2.24, 2.45) is 0 Å². The SMILES string of the molecule is C[Si](C)(C)C#Cc1ccccc1C#Cc1cccc(C#Cc2cccc(C#Cc3cccc(C#Cc4ccc5ccccc5c4-c4c(C#Cc5cccc(C#Cc6cccc(C#Cc7cccc(C#Cc8ccccc8C#C[Si](C)(C)C)c7)c6)c5)ccc5ccccc45)c3)c2)c1. The molecule has 0 amide bonds. The van der Waals surface area contributed by atoms with Crippen LogP contribution in [0.3, 0.4) is 0 Å². The van der Waals surface area contributed by atoms with E-state index >= 15 is 0 Å². The van der Waals surface area contributed by atoms with Gasteiger partial charge in [-0.15, -0.1) is 11.1 Å². The molecule has 0 saturated heterocycles. The van der Waals surface area contributed by atoms with Gasteiger partial charge in [0.2, 0.25) is 0 Å². The Balaban J connectivity index is 0.772. The predicted octanol–water partition coefficient (Wildman–Crippen LogP) is 19.3. The number of fused-ring (bicyclic) bond motifs is 2. The Morgan fingerprint density at radius 2 is 0.385 bits per heavy atom. The maximum absolute atomic E-state index is 3.62. The Morgan fingerprint density at radius 3 is 0.635 bits per heavy atom. The van der Waals surface area contributed by atoms with Crippen LogP contribution in [-0.2, 0) is 0 Å². The maximum Gasteiger partial charge on any atom is 0.129 e. The van der Waals surface area contributed by atoms with Crippen LogP contribution in [0.15, 0.2) is 267 Å². The Morgan fingerprint density at radius 1 is 0.177 bits per heavy atom. The molecule has 446 valence electrons. The van der Waals surface area contributed by atoms with Crippen molar-refractivity contribution in [3.63, 3.8) is 0 Å². The smallest absolute Gasteiger partial charge is 0.127 e. The fourth-order valence-corrected chi connectivity index (χ4v) is 11.4. The van der Waals surface area contributed by atoms with Crippen LogP contribution in [0, 0.1) is 118 Å². The maximum atomic E-state index is 3.62. The van der Waals surface area contributed by atoms with Crippen LogP contribution in [-0.4, -0.2) is 16.1 Å². The Kier molecular flexibility index (Phi) is 19.6. The van der Waals surface area contributed by atoms with Gasteiger partial charge in [0, 0.05) is 111 Å². The Labute approximate surface area is 569 Å². The fourth-order valence-electron chi connectivity index (χ4n) is 10.4. The third kappa shape index (κ3) is 17.4. The molecule has 0 nitrogen and oxygen atoms in total. The summed E-state index contributed by atoms with van der Waals surface area (Å²) in [4.78, 5) is 0. The van der Waals surface area contributed by atoms with Crippen molar-refractivity contribution >= 4 is 37.7 Å². The van der Waals surface area contributed by atoms with Gasteiger partial charge in [-0.25, -0.2) is 0 Å². The summed E-state index contributed by atoms with van der Waals surface area (Å²) in [6.07, 6.45) is 0. The highest BCUT2D eigenvalue weighted by Crippen LogP contribution is 2.39. The normalized spacial score (nSPS) is 10.2. The molecule has 0 aliphatic carbocycles. The van der Waals surface area contributed by atoms with E-state index in [0.29, 0.717) is 0 Å². The van der Waals surface area contributed by atoms with E-state index in [1.165, 1.54) is 0 Å². The van der Waals surface area contributed by atoms with Crippen molar-refractivity contribution in [2.75, 3.05) is 0 Å². The van der Waals surface area contributed by atoms with Gasteiger partial charge in [0.25, 0.3) is 0 Å². The second-order valence-electron chi connectivity index (χ2n) is 25.0. The van der Waals surface area contributed by atoms with E-state index in [1.807, 2.05) is 194 Å². The van der Waals surface area contributed by atoms with Crippen LogP contribution in [0.4, 0.5) is 0 Å². The molecule has 12 aromatic carbocycles. The summed E-state index contributed by atoms with van der Waals surface area (Å²) in [6.45, 7) is 13.5. The zero-order valence-electron chi connectivity index (χ0n) is 54.4. The highest BCUT2D eigenvalue weighted by molar-refractivity contribution is 6.84. The quantitative estimate of drug-likeness (QED) is 0.114. The number of hydrogen-bond donors (Lipinski definition) is 0. The molecule has 0 spiro atoms. The van der Waals surface area contributed by atoms with Crippen molar-refractivity contribution in [1.29, 1.82) is 0 Å². The minimum Gasteiger partial charge on any atom is -0.127 e. The van der Waals surface area contributed by atoms with Crippen LogP contribution in [0.2, 0.25) is 39.3 Å². The first-order chi connectivity index (χ1) is 46.8. The van der Waals surface area contributed by atoms with Crippen LogP contribution >= 0.6 is 0 Å². The zero-order chi connectivity index (χ0) is 66.1. The zero-order valence-corrected chi connectivity index (χ0v) is 56.4. The van der Waals surface area contributed by atoms with Gasteiger partial charge in [-0.3, -0.25) is 0 Å². The van der Waals surface area contributed by atoms with Gasteiger partial charge in [0.15, 0.2) is 0 Å². The molecule has 96 heavy (non-hydrogen) atoms. The number of benzene rings is 12. The minimum absolute atomic E-state index is 0.857. The minimum atomic E-state index is -1.53. The molecule has 0 aliphatic heterocycles. The van der Waals surface area contributed by atoms with E-state index in [4.69, 9.17) is 0 Å². The first-order valence-electron chi connectivity index (χ1n) is 31.8. The van der Waals surface area contributed by atoms with Crippen molar-refractivity contribution in [2.45, 2.75) is 39.3 Å². The summed E-state index contributed by atoms with van der Waals surface area (Å²) in [5.74, 6) is 61.3. The van der Waals surface area contributed by atoms with E-state index in [0.717, 1.165) is 133 Å². The molecule has 12 rings (SSSR count). The lowest BCUT2D eigenvalue weighted by atomic mass is 9.87. The number of rotatable bonds is 1. The summed E-state index contributed by atoms with van der Waals surface area (Å²) in [6, 6.07) is 90.1. The summed E-state index contributed by atoms with van der Waals surface area (Å²) in [5.41, 5.74) is 25.1. The van der Waals surface area contributed by atoms with E-state index in [1.54, 1.807) is 0 Å². The molecule has 0 N–H and O–H groups in total. The van der Waals surface area contributed by atoms with Gasteiger partial charge in [0.05, 0.1) is 0 Å². The first kappa shape index (κ1) is 63.3. The fraction of sp³-hybridized carbons (Fsp3) is 0.0638. The molecular formula is C94H62Si2. The first-order valence-corrected chi connectivity index (χ1v) is 38.8. The van der Waals surface area contributed by atoms with Gasteiger partial charge in [-0.2, -0.15) is 0 Å². The molecule has 0 radical (unpaired) electrons. The standard InChI is InChI=1S/C94H62Si2/c1-95(2,3)63-61-85-35-9-7-33-83(85)53-49-79-29-17-25-75(67-79)45-41-71-21-15-23-73(65-71)43-47-77-27-19-31-81(69-77)51-55-89-59-57-87-37-11-13-39-91(87)93(89)94-90(60-58-88-38-12-14-40-92(88)94)56-52-82-32-20-28-78(70-82)48-44-74-24-16-22-72(66-74)42-46-76-26-18-30-80(68-76)50-54-84-34-8-10-36-86(84)62-64-96(4,5)6/h7-40,57-60,65-70H,1-6H3. The van der Waals surface area contributed by atoms with Gasteiger partial charge in [-0.05, 0) is 167 Å². The third-order valence-electron chi connectivity index (χ3n) is 15.1. The molecule has 0 atom stereocenters. The van der Waals surface area contributed by atoms with Crippen molar-refractivity contribution in [1.82, 2.24) is 0 Å². The van der Waals surface area contributed by atoms with E-state index < -0.39 is 16.1 Å². The molecule has 0 aliphatic rings. The molecule has 12 aromatic rings. The predicted molar refractivity (Wildman–Crippen MR) is 407 cm³/mol. The highest BCUT2D eigenvalue weighted by atomic mass is 28.3. The van der Waals surface area contributed by atoms with Crippen molar-refractivity contribution in [3.8, 4) is 129 Å². The van der Waals surface area contributed by atoms with Crippen LogP contribution < -0.4 is 0 Å². The van der Waals surface area contributed by atoms with Crippen LogP contribution in [0.1, 0.15) is 100 Å². The average Bonchev–Trinajstić information content (AvgIpc) is 0.755. The molecule has 0 unspecified atom stereocenters. The van der Waals surface area contributed by atoms with Gasteiger partial charge in [-0.1, -0.05) is 267 Å². The van der Waals surface area contributed by atoms with Gasteiger partial charge < -0.3 is 0 Å². The largest absolute Gasteiger partial charge is 0.129 e. The monoisotopic (exact) mass is 1250 g/mol. The van der Waals surface area contributed by atoms with Crippen LogP contribution in [0.25, 0.3) is 32.7 Å². The van der Waals surface area contributed by atoms with Crippen molar-refractivity contribution in [3.05, 3.63) is 367 Å². The lowest BCUT2D eigenvalue weighted by Gasteiger charge is -2.15. The topological polar surface area (TPSA) is 0 Å². The molecule has 0 fully saturated rings. The third-order valence-corrected chi connectivity index (χ3v) is 16.8. The highest BCUT2D eigenvalue weighted by Gasteiger charge is 2.17. The van der Waals surface area contributed by atoms with E-state index in [-0.39, 0.29) is 0 Å². The lowest BCUT2D eigenvalue weighted by molar-refractivity contribution is 1.56. The molecule has 0 saturated carbocycles. The molecule has 0 heterocycles. The second-order valence-corrected chi connectivity index (χ2v) is 34.5. The van der Waals surface area contributed by atoms with E-state index in [2.05, 4.69) is 230 Å². The summed E-state index contributed by atoms with van der Waals surface area (Å²) >= 11 is 0. The van der Waals surface area contributed by atoms with E-state index in [9.17, 15) is 0 Å².